The van der Waals surface area contributed by atoms with Crippen molar-refractivity contribution in [2.24, 2.45) is 4.99 Å². The van der Waals surface area contributed by atoms with Crippen molar-refractivity contribution in [3.63, 3.8) is 0 Å². The molecule has 0 radical (unpaired) electrons. The molecule has 2 heterocycles. The first-order valence-electron chi connectivity index (χ1n) is 11.0. The maximum absolute atomic E-state index is 5.42. The second-order valence-corrected chi connectivity index (χ2v) is 7.63. The third kappa shape index (κ3) is 8.30. The van der Waals surface area contributed by atoms with Crippen LogP contribution in [0.2, 0.25) is 0 Å². The van der Waals surface area contributed by atoms with Crippen LogP contribution in [-0.4, -0.2) is 88.0 Å². The molecule has 162 valence electrons. The van der Waals surface area contributed by atoms with Crippen molar-refractivity contribution in [1.82, 2.24) is 20.4 Å². The van der Waals surface area contributed by atoms with Crippen molar-refractivity contribution in [2.45, 2.75) is 26.4 Å². The van der Waals surface area contributed by atoms with Gasteiger partial charge in [-0.05, 0) is 31.0 Å². The SMILES string of the molecule is CCNC(=NCc1ccc(CN2CCOCC2)cc1)NCCCN1CCOCC1. The zero-order chi connectivity index (χ0) is 20.2. The molecule has 2 saturated heterocycles. The molecule has 0 atom stereocenters. The normalized spacial score (nSPS) is 19.3. The lowest BCUT2D eigenvalue weighted by Crippen LogP contribution is -2.40. The predicted molar refractivity (Wildman–Crippen MR) is 117 cm³/mol. The number of hydrogen-bond acceptors (Lipinski definition) is 5. The van der Waals surface area contributed by atoms with Gasteiger partial charge < -0.3 is 20.1 Å². The number of nitrogens with one attached hydrogen (secondary N) is 2. The molecule has 2 aliphatic heterocycles. The van der Waals surface area contributed by atoms with Gasteiger partial charge in [0, 0.05) is 45.8 Å². The van der Waals surface area contributed by atoms with Crippen LogP contribution in [0.25, 0.3) is 0 Å². The van der Waals surface area contributed by atoms with Gasteiger partial charge in [-0.15, -0.1) is 0 Å². The minimum Gasteiger partial charge on any atom is -0.379 e. The molecular weight excluding hydrogens is 366 g/mol. The van der Waals surface area contributed by atoms with Crippen LogP contribution in [0.5, 0.6) is 0 Å². The maximum Gasteiger partial charge on any atom is 0.191 e. The van der Waals surface area contributed by atoms with Crippen LogP contribution in [-0.2, 0) is 22.6 Å². The third-order valence-electron chi connectivity index (χ3n) is 5.34. The highest BCUT2D eigenvalue weighted by Gasteiger charge is 2.11. The smallest absolute Gasteiger partial charge is 0.191 e. The number of benzene rings is 1. The summed E-state index contributed by atoms with van der Waals surface area (Å²) in [6.45, 7) is 14.3. The molecule has 1 aromatic carbocycles. The first-order chi connectivity index (χ1) is 14.3. The second-order valence-electron chi connectivity index (χ2n) is 7.63. The van der Waals surface area contributed by atoms with Crippen LogP contribution in [0.1, 0.15) is 24.5 Å². The van der Waals surface area contributed by atoms with Crippen molar-refractivity contribution in [1.29, 1.82) is 0 Å². The first-order valence-corrected chi connectivity index (χ1v) is 11.0. The largest absolute Gasteiger partial charge is 0.379 e. The van der Waals surface area contributed by atoms with Crippen LogP contribution in [0, 0.1) is 0 Å². The van der Waals surface area contributed by atoms with Crippen LogP contribution in [0.4, 0.5) is 0 Å². The lowest BCUT2D eigenvalue weighted by atomic mass is 10.1. The highest BCUT2D eigenvalue weighted by molar-refractivity contribution is 5.79. The molecule has 29 heavy (non-hydrogen) atoms. The molecule has 0 aliphatic carbocycles. The van der Waals surface area contributed by atoms with Crippen LogP contribution >= 0.6 is 0 Å². The monoisotopic (exact) mass is 403 g/mol. The minimum absolute atomic E-state index is 0.691. The van der Waals surface area contributed by atoms with E-state index in [0.29, 0.717) is 6.54 Å². The third-order valence-corrected chi connectivity index (χ3v) is 5.34. The van der Waals surface area contributed by atoms with Gasteiger partial charge in [-0.1, -0.05) is 24.3 Å². The van der Waals surface area contributed by atoms with E-state index in [0.717, 1.165) is 91.2 Å². The highest BCUT2D eigenvalue weighted by atomic mass is 16.5. The molecule has 0 spiro atoms. The summed E-state index contributed by atoms with van der Waals surface area (Å²) in [5.41, 5.74) is 2.59. The first kappa shape index (κ1) is 22.0. The van der Waals surface area contributed by atoms with Crippen LogP contribution in [0.3, 0.4) is 0 Å². The number of nitrogens with zero attached hydrogens (tertiary/aromatic N) is 3. The molecule has 7 heteroatoms. The Kier molecular flexibility index (Phi) is 9.72. The van der Waals surface area contributed by atoms with Crippen LogP contribution < -0.4 is 10.6 Å². The average Bonchev–Trinajstić information content (AvgIpc) is 2.77. The molecular formula is C22H37N5O2. The summed E-state index contributed by atoms with van der Waals surface area (Å²) in [6.07, 6.45) is 1.11. The van der Waals surface area contributed by atoms with E-state index in [1.165, 1.54) is 11.1 Å². The second kappa shape index (κ2) is 12.8. The molecule has 0 aromatic heterocycles. The summed E-state index contributed by atoms with van der Waals surface area (Å²) < 4.78 is 10.8. The molecule has 2 aliphatic rings. The summed E-state index contributed by atoms with van der Waals surface area (Å²) >= 11 is 0. The quantitative estimate of drug-likeness (QED) is 0.368. The molecule has 0 saturated carbocycles. The number of rotatable bonds is 9. The Morgan fingerprint density at radius 2 is 1.52 bits per heavy atom. The van der Waals surface area contributed by atoms with Crippen molar-refractivity contribution < 1.29 is 9.47 Å². The van der Waals surface area contributed by atoms with E-state index in [2.05, 4.69) is 51.6 Å². The van der Waals surface area contributed by atoms with E-state index in [1.807, 2.05) is 0 Å². The van der Waals surface area contributed by atoms with E-state index < -0.39 is 0 Å². The maximum atomic E-state index is 5.42. The summed E-state index contributed by atoms with van der Waals surface area (Å²) in [5, 5.41) is 6.80. The molecule has 2 N–H and O–H groups in total. The fourth-order valence-corrected chi connectivity index (χ4v) is 3.61. The predicted octanol–water partition coefficient (Wildman–Crippen LogP) is 1.30. The molecule has 2 fully saturated rings. The Bertz CT molecular complexity index is 596. The zero-order valence-electron chi connectivity index (χ0n) is 17.9. The number of morpholine rings is 2. The molecule has 0 amide bonds. The minimum atomic E-state index is 0.691. The summed E-state index contributed by atoms with van der Waals surface area (Å²) in [4.78, 5) is 9.66. The molecule has 0 unspecified atom stereocenters. The van der Waals surface area contributed by atoms with Gasteiger partial charge in [0.05, 0.1) is 33.0 Å². The van der Waals surface area contributed by atoms with Crippen molar-refractivity contribution in [2.75, 3.05) is 72.2 Å². The number of aliphatic imine (C=N–C) groups is 1. The van der Waals surface area contributed by atoms with E-state index in [9.17, 15) is 0 Å². The topological polar surface area (TPSA) is 61.4 Å². The summed E-state index contributed by atoms with van der Waals surface area (Å²) in [6, 6.07) is 8.84. The average molecular weight is 404 g/mol. The van der Waals surface area contributed by atoms with E-state index in [1.54, 1.807) is 0 Å². The van der Waals surface area contributed by atoms with Gasteiger partial charge >= 0.3 is 0 Å². The lowest BCUT2D eigenvalue weighted by Gasteiger charge is -2.26. The fraction of sp³-hybridized carbons (Fsp3) is 0.682. The molecule has 0 bridgehead atoms. The Morgan fingerprint density at radius 1 is 0.897 bits per heavy atom. The van der Waals surface area contributed by atoms with Crippen molar-refractivity contribution >= 4 is 5.96 Å². The van der Waals surface area contributed by atoms with Gasteiger partial charge in [-0.2, -0.15) is 0 Å². The van der Waals surface area contributed by atoms with E-state index in [-0.39, 0.29) is 0 Å². The van der Waals surface area contributed by atoms with Gasteiger partial charge in [0.15, 0.2) is 5.96 Å². The number of hydrogen-bond donors (Lipinski definition) is 2. The van der Waals surface area contributed by atoms with Gasteiger partial charge in [0.2, 0.25) is 0 Å². The van der Waals surface area contributed by atoms with E-state index in [4.69, 9.17) is 14.5 Å². The van der Waals surface area contributed by atoms with Gasteiger partial charge in [0.1, 0.15) is 0 Å². The Balaban J connectivity index is 1.40. The summed E-state index contributed by atoms with van der Waals surface area (Å²) in [5.74, 6) is 0.895. The molecule has 7 nitrogen and oxygen atoms in total. The number of ether oxygens (including phenoxy) is 2. The van der Waals surface area contributed by atoms with Gasteiger partial charge in [-0.3, -0.25) is 9.80 Å². The van der Waals surface area contributed by atoms with Gasteiger partial charge in [0.25, 0.3) is 0 Å². The highest BCUT2D eigenvalue weighted by Crippen LogP contribution is 2.10. The van der Waals surface area contributed by atoms with Crippen molar-refractivity contribution in [3.8, 4) is 0 Å². The molecule has 3 rings (SSSR count). The lowest BCUT2D eigenvalue weighted by molar-refractivity contribution is 0.0342. The fourth-order valence-electron chi connectivity index (χ4n) is 3.61. The van der Waals surface area contributed by atoms with Gasteiger partial charge in [-0.25, -0.2) is 4.99 Å². The molecule has 1 aromatic rings. The number of guanidine groups is 1. The van der Waals surface area contributed by atoms with Crippen molar-refractivity contribution in [3.05, 3.63) is 35.4 Å². The summed E-state index contributed by atoms with van der Waals surface area (Å²) in [7, 11) is 0. The van der Waals surface area contributed by atoms with Crippen LogP contribution in [0.15, 0.2) is 29.3 Å². The Morgan fingerprint density at radius 3 is 2.17 bits per heavy atom. The van der Waals surface area contributed by atoms with E-state index >= 15 is 0 Å². The Labute approximate surface area is 175 Å². The Hall–Kier alpha value is -1.67. The standard InChI is InChI=1S/C22H37N5O2/c1-2-23-22(24-8-3-9-26-10-14-28-15-11-26)25-18-20-4-6-21(7-5-20)19-27-12-16-29-17-13-27/h4-7H,2-3,8-19H2,1H3,(H2,23,24,25). The zero-order valence-corrected chi connectivity index (χ0v) is 17.9.